The maximum Gasteiger partial charge on any atom is 0.270 e. The number of anilines is 2. The number of tetrazole rings is 1. The van der Waals surface area contributed by atoms with Crippen molar-refractivity contribution >= 4 is 23.2 Å². The number of aryl methyl sites for hydroxylation is 1. The molecule has 1 aliphatic rings. The number of amides is 2. The Morgan fingerprint density at radius 1 is 0.952 bits per heavy atom. The first-order valence-corrected chi connectivity index (χ1v) is 13.1. The average molecular weight is 565 g/mol. The Balaban J connectivity index is 1.05. The molecule has 14 heteroatoms. The quantitative estimate of drug-likeness (QED) is 0.158. The number of carbonyl (C=O) groups excluding carboxylic acids is 2. The number of H-pyrrole nitrogens is 1. The van der Waals surface area contributed by atoms with Crippen LogP contribution in [0.5, 0.6) is 0 Å². The van der Waals surface area contributed by atoms with E-state index in [0.717, 1.165) is 40.7 Å². The molecule has 14 nitrogen and oxygen atoms in total. The van der Waals surface area contributed by atoms with Crippen LogP contribution in [0, 0.1) is 0 Å². The zero-order valence-corrected chi connectivity index (χ0v) is 22.0. The van der Waals surface area contributed by atoms with E-state index >= 15 is 0 Å². The lowest BCUT2D eigenvalue weighted by molar-refractivity contribution is 0.0931. The third-order valence-electron chi connectivity index (χ3n) is 7.12. The van der Waals surface area contributed by atoms with E-state index in [-0.39, 0.29) is 41.9 Å². The highest BCUT2D eigenvalue weighted by Crippen LogP contribution is 2.33. The average Bonchev–Trinajstić information content (AvgIpc) is 3.70. The number of rotatable bonds is 9. The number of aromatic amines is 1. The van der Waals surface area contributed by atoms with Crippen LogP contribution in [0.15, 0.2) is 64.4 Å². The lowest BCUT2D eigenvalue weighted by atomic mass is 10.0. The van der Waals surface area contributed by atoms with Gasteiger partial charge in [-0.1, -0.05) is 36.4 Å². The number of nitrogens with zero attached hydrogens (tertiary/aromatic N) is 5. The molecule has 6 N–H and O–H groups in total. The van der Waals surface area contributed by atoms with Gasteiger partial charge in [0.05, 0.1) is 6.04 Å². The molecule has 0 radical (unpaired) electrons. The largest absolute Gasteiger partial charge is 0.394 e. The van der Waals surface area contributed by atoms with Crippen molar-refractivity contribution in [1.82, 2.24) is 41.2 Å². The number of benzene rings is 2. The van der Waals surface area contributed by atoms with Crippen LogP contribution < -0.4 is 32.5 Å². The monoisotopic (exact) mass is 564 g/mol. The summed E-state index contributed by atoms with van der Waals surface area (Å²) in [7, 11) is 0. The number of nitrogens with one attached hydrogen (secondary N) is 4. The van der Waals surface area contributed by atoms with Gasteiger partial charge in [-0.25, -0.2) is 9.97 Å². The van der Waals surface area contributed by atoms with E-state index in [4.69, 9.17) is 5.73 Å². The number of carbonyl (C=O) groups is 2. The number of hydrogen-bond donors (Lipinski definition) is 5. The van der Waals surface area contributed by atoms with Crippen LogP contribution in [0.2, 0.25) is 0 Å². The summed E-state index contributed by atoms with van der Waals surface area (Å²) in [6, 6.07) is 14.3. The van der Waals surface area contributed by atoms with Gasteiger partial charge in [0, 0.05) is 24.7 Å². The van der Waals surface area contributed by atoms with Gasteiger partial charge < -0.3 is 21.7 Å². The van der Waals surface area contributed by atoms with Crippen molar-refractivity contribution in [2.24, 2.45) is 0 Å². The third-order valence-corrected chi connectivity index (χ3v) is 7.12. The summed E-state index contributed by atoms with van der Waals surface area (Å²) < 4.78 is 0. The first kappa shape index (κ1) is 26.4. The van der Waals surface area contributed by atoms with Gasteiger partial charge in [0.2, 0.25) is 5.82 Å². The highest BCUT2D eigenvalue weighted by atomic mass is 16.2. The molecule has 0 aliphatic heterocycles. The van der Waals surface area contributed by atoms with E-state index < -0.39 is 22.7 Å². The molecule has 0 spiro atoms. The van der Waals surface area contributed by atoms with Crippen LogP contribution in [0.25, 0.3) is 11.4 Å². The number of nitrogen functional groups attached to an aromatic ring is 1. The summed E-state index contributed by atoms with van der Waals surface area (Å²) in [5, 5.41) is 22.7. The standard InChI is InChI=1S/C28H24N10O4/c29-22-23(25(40)24(22)39)30-11-14-2-1-3-15(8-14)12-31-27(41)20-10-21(33-13-32-20)28(42)34-19-7-5-16-9-17(4-6-18(16)19)26-35-37-38-36-26/h1-4,6,8-10,13,19,30H,5,7,11-12,29H2,(H,31,41)(H,34,42)(H,35,36,37,38)/t19-/m0/s1. The van der Waals surface area contributed by atoms with Crippen molar-refractivity contribution in [2.75, 3.05) is 11.1 Å². The van der Waals surface area contributed by atoms with Gasteiger partial charge in [0.1, 0.15) is 29.1 Å². The van der Waals surface area contributed by atoms with Gasteiger partial charge in [0.25, 0.3) is 22.7 Å². The highest BCUT2D eigenvalue weighted by molar-refractivity contribution is 5.97. The molecule has 6 rings (SSSR count). The Hall–Kier alpha value is -5.79. The molecule has 2 heterocycles. The van der Waals surface area contributed by atoms with Crippen molar-refractivity contribution in [2.45, 2.75) is 32.0 Å². The normalized spacial score (nSPS) is 14.0. The SMILES string of the molecule is Nc1c(NCc2cccc(CNC(=O)c3cc(C(=O)N[C@H]4CCc5cc(-c6nn[nH]n6)ccc54)ncn3)c2)c(=O)c1=O. The van der Waals surface area contributed by atoms with E-state index in [1.54, 1.807) is 0 Å². The van der Waals surface area contributed by atoms with E-state index in [1.165, 1.54) is 12.4 Å². The summed E-state index contributed by atoms with van der Waals surface area (Å²) in [5.74, 6) is -0.369. The van der Waals surface area contributed by atoms with E-state index in [1.807, 2.05) is 42.5 Å². The zero-order valence-electron chi connectivity index (χ0n) is 22.0. The lowest BCUT2D eigenvalue weighted by Gasteiger charge is -2.14. The van der Waals surface area contributed by atoms with Crippen molar-refractivity contribution in [3.63, 3.8) is 0 Å². The van der Waals surface area contributed by atoms with Crippen LogP contribution >= 0.6 is 0 Å². The molecular weight excluding hydrogens is 540 g/mol. The first-order valence-electron chi connectivity index (χ1n) is 13.1. The molecule has 2 aromatic heterocycles. The maximum absolute atomic E-state index is 13.0. The summed E-state index contributed by atoms with van der Waals surface area (Å²) >= 11 is 0. The number of aromatic nitrogens is 6. The van der Waals surface area contributed by atoms with Crippen LogP contribution in [0.3, 0.4) is 0 Å². The summed E-state index contributed by atoms with van der Waals surface area (Å²) in [6.07, 6.45) is 2.69. The Morgan fingerprint density at radius 2 is 1.74 bits per heavy atom. The van der Waals surface area contributed by atoms with Crippen LogP contribution in [-0.4, -0.2) is 42.4 Å². The molecule has 3 aromatic carbocycles. The van der Waals surface area contributed by atoms with Crippen molar-refractivity contribution in [3.05, 3.63) is 109 Å². The van der Waals surface area contributed by atoms with Gasteiger partial charge in [-0.05, 0) is 46.4 Å². The summed E-state index contributed by atoms with van der Waals surface area (Å²) in [6.45, 7) is 0.484. The summed E-state index contributed by atoms with van der Waals surface area (Å²) in [4.78, 5) is 56.8. The minimum atomic E-state index is -0.681. The fraction of sp³-hybridized carbons (Fsp3) is 0.179. The Labute approximate surface area is 237 Å². The van der Waals surface area contributed by atoms with E-state index in [9.17, 15) is 19.2 Å². The van der Waals surface area contributed by atoms with Crippen LogP contribution in [0.1, 0.15) is 55.7 Å². The van der Waals surface area contributed by atoms with Crippen molar-refractivity contribution < 1.29 is 9.59 Å². The smallest absolute Gasteiger partial charge is 0.270 e. The molecule has 1 aliphatic carbocycles. The van der Waals surface area contributed by atoms with Gasteiger partial charge >= 0.3 is 0 Å². The Morgan fingerprint density at radius 3 is 2.50 bits per heavy atom. The number of fused-ring (bicyclic) bond motifs is 1. The second-order valence-corrected chi connectivity index (χ2v) is 9.81. The van der Waals surface area contributed by atoms with Gasteiger partial charge in [-0.2, -0.15) is 5.21 Å². The van der Waals surface area contributed by atoms with Gasteiger partial charge in [-0.3, -0.25) is 19.2 Å². The Bertz CT molecular complexity index is 1880. The van der Waals surface area contributed by atoms with E-state index in [2.05, 4.69) is 46.5 Å². The predicted octanol–water partition coefficient (Wildman–Crippen LogP) is 0.794. The molecule has 0 bridgehead atoms. The molecule has 0 unspecified atom stereocenters. The molecule has 0 saturated carbocycles. The Kier molecular flexibility index (Phi) is 6.92. The molecule has 5 aromatic rings. The van der Waals surface area contributed by atoms with Crippen LogP contribution in [0.4, 0.5) is 11.4 Å². The number of hydrogen-bond acceptors (Lipinski definition) is 11. The molecule has 42 heavy (non-hydrogen) atoms. The molecular formula is C28H24N10O4. The molecule has 210 valence electrons. The third kappa shape index (κ3) is 5.20. The van der Waals surface area contributed by atoms with E-state index in [0.29, 0.717) is 5.82 Å². The zero-order chi connectivity index (χ0) is 29.2. The van der Waals surface area contributed by atoms with Crippen LogP contribution in [-0.2, 0) is 19.5 Å². The lowest BCUT2D eigenvalue weighted by Crippen LogP contribution is -2.36. The highest BCUT2D eigenvalue weighted by Gasteiger charge is 2.26. The molecule has 0 fully saturated rings. The van der Waals surface area contributed by atoms with Crippen molar-refractivity contribution in [1.29, 1.82) is 0 Å². The first-order chi connectivity index (χ1) is 20.4. The van der Waals surface area contributed by atoms with Crippen molar-refractivity contribution in [3.8, 4) is 11.4 Å². The molecule has 1 atom stereocenters. The minimum absolute atomic E-state index is 0.0557. The van der Waals surface area contributed by atoms with Gasteiger partial charge in [0.15, 0.2) is 0 Å². The summed E-state index contributed by atoms with van der Waals surface area (Å²) in [5.41, 5.74) is 9.01. The predicted molar refractivity (Wildman–Crippen MR) is 151 cm³/mol. The number of nitrogens with two attached hydrogens (primary N) is 1. The second kappa shape index (κ2) is 11.0. The second-order valence-electron chi connectivity index (χ2n) is 9.81. The molecule has 0 saturated heterocycles. The van der Waals surface area contributed by atoms with Gasteiger partial charge in [-0.15, -0.1) is 10.2 Å². The molecule has 2 amide bonds. The topological polar surface area (TPSA) is 211 Å². The maximum atomic E-state index is 13.0. The fourth-order valence-corrected chi connectivity index (χ4v) is 4.93. The fourth-order valence-electron chi connectivity index (χ4n) is 4.93. The minimum Gasteiger partial charge on any atom is -0.394 e.